The maximum atomic E-state index is 13.0. The van der Waals surface area contributed by atoms with E-state index in [0.717, 1.165) is 30.6 Å². The Morgan fingerprint density at radius 3 is 2.70 bits per heavy atom. The van der Waals surface area contributed by atoms with E-state index in [2.05, 4.69) is 5.32 Å². The molecule has 0 amide bonds. The summed E-state index contributed by atoms with van der Waals surface area (Å²) in [6, 6.07) is 10.3. The third-order valence-corrected chi connectivity index (χ3v) is 5.33. The summed E-state index contributed by atoms with van der Waals surface area (Å²) in [5, 5.41) is 22.2. The van der Waals surface area contributed by atoms with Crippen LogP contribution in [0, 0.1) is 18.3 Å². The van der Waals surface area contributed by atoms with Gasteiger partial charge in [-0.2, -0.15) is 5.26 Å². The molecule has 30 heavy (non-hydrogen) atoms. The normalized spacial score (nSPS) is 14.1. The standard InChI is InChI=1S/C22H21N5O3/c1-13-10-16(14(2)24-18-7-4-3-6-15(18)22(29)30)20-25-19(26-8-5-9-26)17(11-23)21(28)27(20)12-13/h3-4,6-7,10,12,14,24H,5,8-9H2,1-2H3,(H,29,30). The molecule has 0 saturated carbocycles. The number of fused-ring (bicyclic) bond motifs is 1. The number of hydrogen-bond acceptors (Lipinski definition) is 6. The van der Waals surface area contributed by atoms with Crippen molar-refractivity contribution in [3.05, 3.63) is 69.1 Å². The molecule has 4 rings (SSSR count). The molecule has 2 aromatic heterocycles. The van der Waals surface area contributed by atoms with Crippen LogP contribution in [0.3, 0.4) is 0 Å². The summed E-state index contributed by atoms with van der Waals surface area (Å²) < 4.78 is 1.41. The van der Waals surface area contributed by atoms with E-state index in [4.69, 9.17) is 4.98 Å². The highest BCUT2D eigenvalue weighted by molar-refractivity contribution is 5.94. The summed E-state index contributed by atoms with van der Waals surface area (Å²) in [6.45, 7) is 5.28. The molecular formula is C22H21N5O3. The highest BCUT2D eigenvalue weighted by Crippen LogP contribution is 2.28. The van der Waals surface area contributed by atoms with Crippen LogP contribution in [0.1, 0.15) is 46.4 Å². The Morgan fingerprint density at radius 1 is 1.33 bits per heavy atom. The summed E-state index contributed by atoms with van der Waals surface area (Å²) in [6.07, 6.45) is 2.67. The molecule has 0 aliphatic carbocycles. The van der Waals surface area contributed by atoms with Crippen LogP contribution in [0.4, 0.5) is 11.5 Å². The smallest absolute Gasteiger partial charge is 0.337 e. The molecule has 2 N–H and O–H groups in total. The lowest BCUT2D eigenvalue weighted by Crippen LogP contribution is -2.40. The second-order valence-corrected chi connectivity index (χ2v) is 7.45. The van der Waals surface area contributed by atoms with Crippen LogP contribution in [0.15, 0.2) is 41.3 Å². The molecule has 1 saturated heterocycles. The molecule has 0 spiro atoms. The van der Waals surface area contributed by atoms with Gasteiger partial charge in [0.05, 0.1) is 11.6 Å². The van der Waals surface area contributed by atoms with E-state index in [-0.39, 0.29) is 17.2 Å². The zero-order chi connectivity index (χ0) is 21.4. The lowest BCUT2D eigenvalue weighted by Gasteiger charge is -2.32. The number of nitriles is 1. The van der Waals surface area contributed by atoms with Crippen LogP contribution in [0.25, 0.3) is 5.65 Å². The second-order valence-electron chi connectivity index (χ2n) is 7.45. The number of rotatable bonds is 5. The number of nitrogens with zero attached hydrogens (tertiary/aromatic N) is 4. The molecule has 1 aromatic carbocycles. The average Bonchev–Trinajstić information content (AvgIpc) is 2.67. The van der Waals surface area contributed by atoms with E-state index in [1.807, 2.05) is 30.9 Å². The van der Waals surface area contributed by atoms with Crippen molar-refractivity contribution in [2.24, 2.45) is 0 Å². The minimum absolute atomic E-state index is 0.0422. The van der Waals surface area contributed by atoms with Crippen LogP contribution < -0.4 is 15.8 Å². The van der Waals surface area contributed by atoms with E-state index >= 15 is 0 Å². The molecule has 8 heteroatoms. The third-order valence-electron chi connectivity index (χ3n) is 5.33. The van der Waals surface area contributed by atoms with E-state index in [0.29, 0.717) is 17.2 Å². The number of aromatic carboxylic acids is 1. The number of para-hydroxylation sites is 1. The molecule has 1 atom stereocenters. The minimum atomic E-state index is -1.02. The largest absolute Gasteiger partial charge is 0.478 e. The predicted molar refractivity (Wildman–Crippen MR) is 113 cm³/mol. The van der Waals surface area contributed by atoms with Crippen molar-refractivity contribution in [3.8, 4) is 6.07 Å². The van der Waals surface area contributed by atoms with Crippen molar-refractivity contribution in [2.75, 3.05) is 23.3 Å². The van der Waals surface area contributed by atoms with Gasteiger partial charge in [0.25, 0.3) is 5.56 Å². The monoisotopic (exact) mass is 403 g/mol. The van der Waals surface area contributed by atoms with Crippen molar-refractivity contribution in [3.63, 3.8) is 0 Å². The first-order valence-corrected chi connectivity index (χ1v) is 9.71. The second kappa shape index (κ2) is 7.52. The zero-order valence-electron chi connectivity index (χ0n) is 16.7. The highest BCUT2D eigenvalue weighted by Gasteiger charge is 2.25. The number of benzene rings is 1. The maximum absolute atomic E-state index is 13.0. The Balaban J connectivity index is 1.86. The van der Waals surface area contributed by atoms with Gasteiger partial charge in [0.2, 0.25) is 0 Å². The van der Waals surface area contributed by atoms with Gasteiger partial charge >= 0.3 is 5.97 Å². The first-order chi connectivity index (χ1) is 14.4. The predicted octanol–water partition coefficient (Wildman–Crippen LogP) is 2.96. The van der Waals surface area contributed by atoms with Crippen molar-refractivity contribution in [2.45, 2.75) is 26.3 Å². The van der Waals surface area contributed by atoms with Gasteiger partial charge in [0, 0.05) is 30.5 Å². The number of nitrogens with one attached hydrogen (secondary N) is 1. The number of carboxylic acid groups (broad SMARTS) is 1. The number of pyridine rings is 1. The Kier molecular flexibility index (Phi) is 4.88. The van der Waals surface area contributed by atoms with Gasteiger partial charge in [-0.15, -0.1) is 0 Å². The first kappa shape index (κ1) is 19.5. The fraction of sp³-hybridized carbons (Fsp3) is 0.273. The molecule has 3 aromatic rings. The molecule has 0 bridgehead atoms. The van der Waals surface area contributed by atoms with Crippen LogP contribution in [0.2, 0.25) is 0 Å². The van der Waals surface area contributed by atoms with Gasteiger partial charge in [0.15, 0.2) is 11.4 Å². The van der Waals surface area contributed by atoms with Gasteiger partial charge in [-0.3, -0.25) is 9.20 Å². The summed E-state index contributed by atoms with van der Waals surface area (Å²) in [5.41, 5.74) is 2.34. The summed E-state index contributed by atoms with van der Waals surface area (Å²) in [7, 11) is 0. The van der Waals surface area contributed by atoms with Gasteiger partial charge in [0.1, 0.15) is 11.7 Å². The average molecular weight is 403 g/mol. The van der Waals surface area contributed by atoms with E-state index in [9.17, 15) is 20.0 Å². The van der Waals surface area contributed by atoms with Crippen molar-refractivity contribution >= 4 is 23.1 Å². The fourth-order valence-electron chi connectivity index (χ4n) is 3.68. The topological polar surface area (TPSA) is 111 Å². The SMILES string of the molecule is Cc1cc(C(C)Nc2ccccc2C(=O)O)c2nc(N3CCC3)c(C#N)c(=O)n2c1. The molecule has 1 aliphatic rings. The van der Waals surface area contributed by atoms with Crippen LogP contribution in [-0.4, -0.2) is 33.6 Å². The lowest BCUT2D eigenvalue weighted by molar-refractivity contribution is 0.0698. The number of carbonyl (C=O) groups is 1. The third kappa shape index (κ3) is 3.24. The van der Waals surface area contributed by atoms with Gasteiger partial charge in [-0.25, -0.2) is 9.78 Å². The molecule has 1 aliphatic heterocycles. The molecule has 8 nitrogen and oxygen atoms in total. The van der Waals surface area contributed by atoms with Crippen molar-refractivity contribution < 1.29 is 9.90 Å². The van der Waals surface area contributed by atoms with Gasteiger partial charge < -0.3 is 15.3 Å². The zero-order valence-corrected chi connectivity index (χ0v) is 16.7. The highest BCUT2D eigenvalue weighted by atomic mass is 16.4. The van der Waals surface area contributed by atoms with Crippen molar-refractivity contribution in [1.82, 2.24) is 9.38 Å². The van der Waals surface area contributed by atoms with Crippen LogP contribution in [-0.2, 0) is 0 Å². The Bertz CT molecular complexity index is 1250. The molecule has 3 heterocycles. The number of aryl methyl sites for hydroxylation is 1. The number of carboxylic acids is 1. The molecule has 1 unspecified atom stereocenters. The first-order valence-electron chi connectivity index (χ1n) is 9.71. The summed E-state index contributed by atoms with van der Waals surface area (Å²) in [4.78, 5) is 31.2. The summed E-state index contributed by atoms with van der Waals surface area (Å²) in [5.74, 6) is -0.607. The van der Waals surface area contributed by atoms with Crippen LogP contribution >= 0.6 is 0 Å². The maximum Gasteiger partial charge on any atom is 0.337 e. The van der Waals surface area contributed by atoms with Crippen LogP contribution in [0.5, 0.6) is 0 Å². The lowest BCUT2D eigenvalue weighted by atomic mass is 10.1. The summed E-state index contributed by atoms with van der Waals surface area (Å²) >= 11 is 0. The number of aromatic nitrogens is 2. The molecule has 0 radical (unpaired) electrons. The Hall–Kier alpha value is -3.86. The number of anilines is 2. The quantitative estimate of drug-likeness (QED) is 0.674. The molecular weight excluding hydrogens is 382 g/mol. The van der Waals surface area contributed by atoms with E-state index in [1.54, 1.807) is 24.4 Å². The molecule has 152 valence electrons. The Morgan fingerprint density at radius 2 is 2.07 bits per heavy atom. The van der Waals surface area contributed by atoms with E-state index < -0.39 is 11.5 Å². The fourth-order valence-corrected chi connectivity index (χ4v) is 3.68. The van der Waals surface area contributed by atoms with Crippen molar-refractivity contribution in [1.29, 1.82) is 5.26 Å². The minimum Gasteiger partial charge on any atom is -0.478 e. The Labute approximate surface area is 173 Å². The number of hydrogen-bond donors (Lipinski definition) is 2. The molecule has 1 fully saturated rings. The van der Waals surface area contributed by atoms with Gasteiger partial charge in [-0.1, -0.05) is 12.1 Å². The van der Waals surface area contributed by atoms with E-state index in [1.165, 1.54) is 10.5 Å². The van der Waals surface area contributed by atoms with Gasteiger partial charge in [-0.05, 0) is 44.0 Å².